The zero-order chi connectivity index (χ0) is 12.6. The van der Waals surface area contributed by atoms with E-state index in [1.807, 2.05) is 0 Å². The maximum atomic E-state index is 12.4. The van der Waals surface area contributed by atoms with Gasteiger partial charge in [-0.1, -0.05) is 18.2 Å². The van der Waals surface area contributed by atoms with Crippen molar-refractivity contribution in [3.05, 3.63) is 47.5 Å². The van der Waals surface area contributed by atoms with Crippen LogP contribution >= 0.6 is 0 Å². The Balaban J connectivity index is 2.54. The first-order valence-corrected chi connectivity index (χ1v) is 4.77. The zero-order valence-electron chi connectivity index (χ0n) is 8.43. The van der Waals surface area contributed by atoms with Crippen molar-refractivity contribution in [2.24, 2.45) is 0 Å². The maximum Gasteiger partial charge on any atom is 0.416 e. The van der Waals surface area contributed by atoms with Crippen molar-refractivity contribution in [3.8, 4) is 0 Å². The monoisotopic (exact) mass is 246 g/mol. The lowest BCUT2D eigenvalue weighted by molar-refractivity contribution is -0.137. The molecule has 0 aliphatic rings. The highest BCUT2D eigenvalue weighted by Crippen LogP contribution is 2.32. The van der Waals surface area contributed by atoms with Crippen LogP contribution < -0.4 is 0 Å². The van der Waals surface area contributed by atoms with E-state index in [1.165, 1.54) is 18.2 Å². The molecule has 0 aliphatic heterocycles. The summed E-state index contributed by atoms with van der Waals surface area (Å²) in [7, 11) is 0. The zero-order valence-corrected chi connectivity index (χ0v) is 8.43. The number of alkyl halides is 5. The standard InChI is InChI=1S/C12H7F5/c13-11(14)9-2-1-8-6-10(12(15,16)17)4-3-7(8)5-9/h1-6,11H. The molecule has 0 fully saturated rings. The van der Waals surface area contributed by atoms with Crippen molar-refractivity contribution in [1.29, 1.82) is 0 Å². The predicted octanol–water partition coefficient (Wildman–Crippen LogP) is 4.80. The van der Waals surface area contributed by atoms with E-state index >= 15 is 0 Å². The van der Waals surface area contributed by atoms with Crippen LogP contribution in [0.5, 0.6) is 0 Å². The van der Waals surface area contributed by atoms with Gasteiger partial charge >= 0.3 is 6.18 Å². The molecule has 0 unspecified atom stereocenters. The largest absolute Gasteiger partial charge is 0.416 e. The van der Waals surface area contributed by atoms with Gasteiger partial charge in [-0.15, -0.1) is 0 Å². The Kier molecular flexibility index (Phi) is 2.77. The molecule has 0 nitrogen and oxygen atoms in total. The number of fused-ring (bicyclic) bond motifs is 1. The second-order valence-corrected chi connectivity index (χ2v) is 3.62. The lowest BCUT2D eigenvalue weighted by Gasteiger charge is -2.08. The molecule has 0 heterocycles. The van der Waals surface area contributed by atoms with E-state index in [2.05, 4.69) is 0 Å². The second-order valence-electron chi connectivity index (χ2n) is 3.62. The first kappa shape index (κ1) is 11.8. The lowest BCUT2D eigenvalue weighted by atomic mass is 10.0. The SMILES string of the molecule is FC(F)c1ccc2cc(C(F)(F)F)ccc2c1. The Hall–Kier alpha value is -1.65. The van der Waals surface area contributed by atoms with E-state index in [9.17, 15) is 22.0 Å². The summed E-state index contributed by atoms with van der Waals surface area (Å²) >= 11 is 0. The van der Waals surface area contributed by atoms with Crippen LogP contribution in [-0.2, 0) is 6.18 Å². The van der Waals surface area contributed by atoms with E-state index in [1.54, 1.807) is 0 Å². The smallest absolute Gasteiger partial charge is 0.205 e. The van der Waals surface area contributed by atoms with Crippen LogP contribution in [0.1, 0.15) is 17.6 Å². The van der Waals surface area contributed by atoms with Gasteiger partial charge in [0.1, 0.15) is 0 Å². The third-order valence-corrected chi connectivity index (χ3v) is 2.44. The topological polar surface area (TPSA) is 0 Å². The summed E-state index contributed by atoms with van der Waals surface area (Å²) in [6.45, 7) is 0. The van der Waals surface area contributed by atoms with Gasteiger partial charge in [-0.05, 0) is 29.0 Å². The van der Waals surface area contributed by atoms with Gasteiger partial charge in [-0.25, -0.2) is 8.78 Å². The van der Waals surface area contributed by atoms with E-state index in [0.29, 0.717) is 10.8 Å². The number of hydrogen-bond acceptors (Lipinski definition) is 0. The molecular weight excluding hydrogens is 239 g/mol. The van der Waals surface area contributed by atoms with Gasteiger partial charge in [0.05, 0.1) is 5.56 Å². The van der Waals surface area contributed by atoms with Gasteiger partial charge in [0.15, 0.2) is 0 Å². The first-order chi connectivity index (χ1) is 7.88. The van der Waals surface area contributed by atoms with Crippen LogP contribution in [0.2, 0.25) is 0 Å². The molecule has 2 aromatic rings. The Bertz CT molecular complexity index is 542. The van der Waals surface area contributed by atoms with Crippen LogP contribution in [0.4, 0.5) is 22.0 Å². The van der Waals surface area contributed by atoms with Crippen LogP contribution in [0.25, 0.3) is 10.8 Å². The van der Waals surface area contributed by atoms with Crippen molar-refractivity contribution in [1.82, 2.24) is 0 Å². The summed E-state index contributed by atoms with van der Waals surface area (Å²) in [6.07, 6.45) is -7.04. The van der Waals surface area contributed by atoms with Gasteiger partial charge in [-0.3, -0.25) is 0 Å². The molecule has 0 bridgehead atoms. The van der Waals surface area contributed by atoms with Crippen molar-refractivity contribution in [3.63, 3.8) is 0 Å². The van der Waals surface area contributed by atoms with Gasteiger partial charge < -0.3 is 0 Å². The highest BCUT2D eigenvalue weighted by molar-refractivity contribution is 5.84. The minimum atomic E-state index is -4.42. The molecule has 0 saturated heterocycles. The fourth-order valence-corrected chi connectivity index (χ4v) is 1.58. The molecule has 2 rings (SSSR count). The van der Waals surface area contributed by atoms with Crippen LogP contribution in [0.15, 0.2) is 36.4 Å². The van der Waals surface area contributed by atoms with Crippen molar-refractivity contribution >= 4 is 10.8 Å². The summed E-state index contributed by atoms with van der Waals surface area (Å²) in [6, 6.07) is 6.63. The second kappa shape index (κ2) is 3.98. The summed E-state index contributed by atoms with van der Waals surface area (Å²) in [4.78, 5) is 0. The number of halogens is 5. The number of benzene rings is 2. The molecule has 0 aliphatic carbocycles. The van der Waals surface area contributed by atoms with Crippen molar-refractivity contribution in [2.45, 2.75) is 12.6 Å². The molecule has 17 heavy (non-hydrogen) atoms. The van der Waals surface area contributed by atoms with E-state index in [4.69, 9.17) is 0 Å². The molecule has 0 atom stereocenters. The van der Waals surface area contributed by atoms with Crippen LogP contribution in [-0.4, -0.2) is 0 Å². The summed E-state index contributed by atoms with van der Waals surface area (Å²) in [5, 5.41) is 0.667. The minimum absolute atomic E-state index is 0.197. The molecule has 0 amide bonds. The molecule has 0 spiro atoms. The molecule has 0 aromatic heterocycles. The van der Waals surface area contributed by atoms with E-state index < -0.39 is 18.2 Å². The molecule has 5 heteroatoms. The highest BCUT2D eigenvalue weighted by Gasteiger charge is 2.30. The minimum Gasteiger partial charge on any atom is -0.205 e. The maximum absolute atomic E-state index is 12.4. The molecule has 0 saturated carbocycles. The summed E-state index contributed by atoms with van der Waals surface area (Å²) in [5.74, 6) is 0. The van der Waals surface area contributed by atoms with Gasteiger partial charge in [-0.2, -0.15) is 13.2 Å². The number of hydrogen-bond donors (Lipinski definition) is 0. The Morgan fingerprint density at radius 1 is 0.824 bits per heavy atom. The molecule has 0 N–H and O–H groups in total. The third kappa shape index (κ3) is 2.38. The quantitative estimate of drug-likeness (QED) is 0.634. The van der Waals surface area contributed by atoms with Crippen LogP contribution in [0.3, 0.4) is 0 Å². The molecular formula is C12H7F5. The normalized spacial score (nSPS) is 12.4. The Labute approximate surface area is 93.7 Å². The van der Waals surface area contributed by atoms with Gasteiger partial charge in [0.25, 0.3) is 6.43 Å². The molecule has 2 aromatic carbocycles. The van der Waals surface area contributed by atoms with E-state index in [0.717, 1.165) is 18.2 Å². The van der Waals surface area contributed by atoms with Crippen LogP contribution in [0, 0.1) is 0 Å². The van der Waals surface area contributed by atoms with Crippen molar-refractivity contribution in [2.75, 3.05) is 0 Å². The van der Waals surface area contributed by atoms with Crippen molar-refractivity contribution < 1.29 is 22.0 Å². The average Bonchev–Trinajstić information content (AvgIpc) is 2.26. The average molecular weight is 246 g/mol. The fraction of sp³-hybridized carbons (Fsp3) is 0.167. The summed E-state index contributed by atoms with van der Waals surface area (Å²) in [5.41, 5.74) is -0.980. The third-order valence-electron chi connectivity index (χ3n) is 2.44. The van der Waals surface area contributed by atoms with Gasteiger partial charge in [0, 0.05) is 5.56 Å². The highest BCUT2D eigenvalue weighted by atomic mass is 19.4. The molecule has 90 valence electrons. The molecule has 0 radical (unpaired) electrons. The van der Waals surface area contributed by atoms with E-state index in [-0.39, 0.29) is 5.56 Å². The Morgan fingerprint density at radius 3 is 2.00 bits per heavy atom. The lowest BCUT2D eigenvalue weighted by Crippen LogP contribution is -2.04. The summed E-state index contributed by atoms with van der Waals surface area (Å²) < 4.78 is 62.0. The number of rotatable bonds is 1. The van der Waals surface area contributed by atoms with Gasteiger partial charge in [0.2, 0.25) is 0 Å². The predicted molar refractivity (Wildman–Crippen MR) is 53.9 cm³/mol. The first-order valence-electron chi connectivity index (χ1n) is 4.77. The Morgan fingerprint density at radius 2 is 1.41 bits per heavy atom. The fourth-order valence-electron chi connectivity index (χ4n) is 1.58.